The number of aromatic nitrogens is 2. The lowest BCUT2D eigenvalue weighted by Gasteiger charge is -2.50. The van der Waals surface area contributed by atoms with E-state index in [0.29, 0.717) is 43.6 Å². The molecule has 0 bridgehead atoms. The van der Waals surface area contributed by atoms with Gasteiger partial charge in [0.15, 0.2) is 0 Å². The van der Waals surface area contributed by atoms with Gasteiger partial charge in [0, 0.05) is 55.7 Å². The molecule has 2 aromatic rings. The Morgan fingerprint density at radius 2 is 1.79 bits per heavy atom. The monoisotopic (exact) mass is 605 g/mol. The third-order valence-corrected chi connectivity index (χ3v) is 11.6. The molecule has 5 aliphatic rings. The molecule has 43 heavy (non-hydrogen) atoms. The van der Waals surface area contributed by atoms with Crippen molar-refractivity contribution in [2.45, 2.75) is 83.3 Å². The minimum atomic E-state index is -0.461. The number of rotatable bonds is 7. The first kappa shape index (κ1) is 28.9. The van der Waals surface area contributed by atoms with Crippen LogP contribution in [-0.2, 0) is 14.3 Å². The first-order valence-corrected chi connectivity index (χ1v) is 17.0. The molecule has 0 radical (unpaired) electrons. The van der Waals surface area contributed by atoms with Crippen molar-refractivity contribution in [1.29, 1.82) is 0 Å². The summed E-state index contributed by atoms with van der Waals surface area (Å²) >= 11 is 1.32. The SMILES string of the molecule is CC1(C)C[C@@H]1C(=O)N1CC2(CN(C(=O)c3cncs3)C[C@H]2C(=O)NC(c2cccc(C3CCCCC3)n2)C2CCCO2)C1. The van der Waals surface area contributed by atoms with E-state index in [9.17, 15) is 14.4 Å². The van der Waals surface area contributed by atoms with Gasteiger partial charge in [-0.2, -0.15) is 0 Å². The highest BCUT2D eigenvalue weighted by atomic mass is 32.1. The van der Waals surface area contributed by atoms with Crippen molar-refractivity contribution in [3.63, 3.8) is 0 Å². The predicted octanol–water partition coefficient (Wildman–Crippen LogP) is 4.57. The number of amides is 3. The number of hydrogen-bond donors (Lipinski definition) is 1. The molecule has 5 fully saturated rings. The number of nitrogens with one attached hydrogen (secondary N) is 1. The van der Waals surface area contributed by atoms with Gasteiger partial charge in [0.1, 0.15) is 4.88 Å². The first-order valence-electron chi connectivity index (χ1n) is 16.1. The number of pyridine rings is 1. The van der Waals surface area contributed by atoms with E-state index in [1.165, 1.54) is 30.6 Å². The van der Waals surface area contributed by atoms with Gasteiger partial charge in [-0.1, -0.05) is 39.2 Å². The molecule has 2 saturated carbocycles. The first-order chi connectivity index (χ1) is 20.7. The van der Waals surface area contributed by atoms with Crippen molar-refractivity contribution >= 4 is 29.1 Å². The molecular weight excluding hydrogens is 562 g/mol. The highest BCUT2D eigenvalue weighted by Crippen LogP contribution is 2.54. The topological polar surface area (TPSA) is 105 Å². The Hall–Kier alpha value is -2.85. The summed E-state index contributed by atoms with van der Waals surface area (Å²) in [6.07, 6.45) is 10.3. The lowest BCUT2D eigenvalue weighted by atomic mass is 9.70. The van der Waals surface area contributed by atoms with Gasteiger partial charge >= 0.3 is 0 Å². The minimum absolute atomic E-state index is 0.0497. The molecule has 3 amide bonds. The van der Waals surface area contributed by atoms with Crippen LogP contribution in [0.1, 0.15) is 98.2 Å². The molecule has 10 heteroatoms. The molecule has 2 aromatic heterocycles. The number of nitrogens with zero attached hydrogens (tertiary/aromatic N) is 4. The van der Waals surface area contributed by atoms with Gasteiger partial charge in [0.2, 0.25) is 11.8 Å². The number of carbonyl (C=O) groups excluding carboxylic acids is 3. The van der Waals surface area contributed by atoms with Crippen molar-refractivity contribution in [3.05, 3.63) is 46.2 Å². The molecule has 7 rings (SSSR count). The Morgan fingerprint density at radius 1 is 1.02 bits per heavy atom. The van der Waals surface area contributed by atoms with E-state index < -0.39 is 11.3 Å². The normalized spacial score (nSPS) is 28.5. The Labute approximate surface area is 257 Å². The fourth-order valence-electron chi connectivity index (χ4n) is 8.01. The molecule has 5 heterocycles. The van der Waals surface area contributed by atoms with Crippen LogP contribution in [0.4, 0.5) is 0 Å². The maximum atomic E-state index is 14.3. The van der Waals surface area contributed by atoms with Crippen LogP contribution in [-0.4, -0.2) is 76.4 Å². The van der Waals surface area contributed by atoms with Crippen molar-refractivity contribution < 1.29 is 19.1 Å². The fraction of sp³-hybridized carbons (Fsp3) is 0.667. The highest BCUT2D eigenvalue weighted by Gasteiger charge is 2.62. The van der Waals surface area contributed by atoms with Crippen molar-refractivity contribution in [1.82, 2.24) is 25.1 Å². The van der Waals surface area contributed by atoms with Crippen LogP contribution < -0.4 is 5.32 Å². The quantitative estimate of drug-likeness (QED) is 0.496. The van der Waals surface area contributed by atoms with Gasteiger partial charge < -0.3 is 19.9 Å². The number of ether oxygens (including phenoxy) is 1. The number of thiazole rings is 1. The Balaban J connectivity index is 1.13. The van der Waals surface area contributed by atoms with Crippen molar-refractivity contribution in [2.24, 2.45) is 22.7 Å². The fourth-order valence-corrected chi connectivity index (χ4v) is 8.59. The zero-order valence-electron chi connectivity index (χ0n) is 25.3. The van der Waals surface area contributed by atoms with Gasteiger partial charge in [0.05, 0.1) is 35.5 Å². The molecule has 1 N–H and O–H groups in total. The van der Waals surface area contributed by atoms with E-state index in [1.807, 2.05) is 11.0 Å². The molecule has 3 aliphatic heterocycles. The van der Waals surface area contributed by atoms with Crippen LogP contribution in [0.2, 0.25) is 0 Å². The maximum Gasteiger partial charge on any atom is 0.265 e. The van der Waals surface area contributed by atoms with Crippen LogP contribution >= 0.6 is 11.3 Å². The summed E-state index contributed by atoms with van der Waals surface area (Å²) in [7, 11) is 0. The number of hydrogen-bond acceptors (Lipinski definition) is 7. The zero-order valence-corrected chi connectivity index (χ0v) is 26.1. The lowest BCUT2D eigenvalue weighted by molar-refractivity contribution is -0.152. The highest BCUT2D eigenvalue weighted by molar-refractivity contribution is 7.11. The second-order valence-electron chi connectivity index (χ2n) is 14.3. The van der Waals surface area contributed by atoms with Crippen LogP contribution in [0, 0.1) is 22.7 Å². The summed E-state index contributed by atoms with van der Waals surface area (Å²) in [6.45, 7) is 6.74. The molecule has 2 unspecified atom stereocenters. The average Bonchev–Trinajstić information content (AvgIpc) is 3.56. The Bertz CT molecular complexity index is 1360. The third-order valence-electron chi connectivity index (χ3n) is 10.8. The Kier molecular flexibility index (Phi) is 7.56. The lowest BCUT2D eigenvalue weighted by Crippen LogP contribution is -2.64. The molecule has 0 aromatic carbocycles. The van der Waals surface area contributed by atoms with E-state index in [4.69, 9.17) is 9.72 Å². The summed E-state index contributed by atoms with van der Waals surface area (Å²) in [5.74, 6) is 0.106. The molecule has 230 valence electrons. The molecule has 4 atom stereocenters. The van der Waals surface area contributed by atoms with Gasteiger partial charge in [0.25, 0.3) is 5.91 Å². The second-order valence-corrected chi connectivity index (χ2v) is 15.2. The molecule has 2 aliphatic carbocycles. The summed E-state index contributed by atoms with van der Waals surface area (Å²) < 4.78 is 6.14. The van der Waals surface area contributed by atoms with Crippen LogP contribution in [0.15, 0.2) is 29.9 Å². The summed E-state index contributed by atoms with van der Waals surface area (Å²) in [6, 6.07) is 5.86. The predicted molar refractivity (Wildman–Crippen MR) is 162 cm³/mol. The summed E-state index contributed by atoms with van der Waals surface area (Å²) in [5, 5.41) is 3.38. The van der Waals surface area contributed by atoms with Crippen LogP contribution in [0.5, 0.6) is 0 Å². The number of carbonyl (C=O) groups is 3. The summed E-state index contributed by atoms with van der Waals surface area (Å²) in [5.41, 5.74) is 3.22. The van der Waals surface area contributed by atoms with Gasteiger partial charge in [-0.15, -0.1) is 11.3 Å². The number of likely N-dealkylation sites (tertiary alicyclic amines) is 2. The molecular formula is C33H43N5O4S. The third kappa shape index (κ3) is 5.50. The molecule has 3 saturated heterocycles. The van der Waals surface area contributed by atoms with E-state index >= 15 is 0 Å². The molecule has 1 spiro atoms. The van der Waals surface area contributed by atoms with Crippen LogP contribution in [0.3, 0.4) is 0 Å². The smallest absolute Gasteiger partial charge is 0.265 e. The standard InChI is InChI=1S/C33H43N5O4S/c1-32(2)14-22(32)30(40)38-18-33(19-38)17-37(31(41)27-15-34-20-43-27)16-23(33)29(39)36-28(26-12-7-13-42-26)25-11-6-10-24(35-25)21-8-4-3-5-9-21/h6,10-11,15,20-23,26,28H,3-5,7-9,12-14,16-19H2,1-2H3,(H,36,39)/t22-,23+,26?,28?/m1/s1. The van der Waals surface area contributed by atoms with Gasteiger partial charge in [-0.05, 0) is 49.7 Å². The second kappa shape index (κ2) is 11.3. The van der Waals surface area contributed by atoms with E-state index in [-0.39, 0.29) is 41.2 Å². The van der Waals surface area contributed by atoms with Crippen molar-refractivity contribution in [2.75, 3.05) is 32.8 Å². The van der Waals surface area contributed by atoms with E-state index in [2.05, 4.69) is 36.3 Å². The van der Waals surface area contributed by atoms with Gasteiger partial charge in [-0.3, -0.25) is 24.4 Å². The van der Waals surface area contributed by atoms with Crippen LogP contribution in [0.25, 0.3) is 0 Å². The average molecular weight is 606 g/mol. The van der Waals surface area contributed by atoms with Gasteiger partial charge in [-0.25, -0.2) is 0 Å². The zero-order chi connectivity index (χ0) is 29.8. The molecule has 9 nitrogen and oxygen atoms in total. The van der Waals surface area contributed by atoms with E-state index in [1.54, 1.807) is 16.6 Å². The van der Waals surface area contributed by atoms with E-state index in [0.717, 1.165) is 43.5 Å². The Morgan fingerprint density at radius 3 is 2.47 bits per heavy atom. The minimum Gasteiger partial charge on any atom is -0.376 e. The maximum absolute atomic E-state index is 14.3. The largest absolute Gasteiger partial charge is 0.376 e. The summed E-state index contributed by atoms with van der Waals surface area (Å²) in [4.78, 5) is 54.5. The van der Waals surface area contributed by atoms with Crippen molar-refractivity contribution in [3.8, 4) is 0 Å².